The second kappa shape index (κ2) is 6.23. The molecule has 0 saturated carbocycles. The molecule has 1 amide bonds. The number of aromatic nitrogens is 1. The Kier molecular flexibility index (Phi) is 3.88. The highest BCUT2D eigenvalue weighted by Crippen LogP contribution is 2.38. The number of aromatic hydroxyl groups is 1. The fraction of sp³-hybridized carbons (Fsp3) is 0.136. The van der Waals surface area contributed by atoms with Gasteiger partial charge in [-0.05, 0) is 41.8 Å². The molecule has 0 aliphatic rings. The van der Waals surface area contributed by atoms with Gasteiger partial charge >= 0.3 is 0 Å². The van der Waals surface area contributed by atoms with E-state index in [-0.39, 0.29) is 5.75 Å². The molecule has 130 valence electrons. The van der Waals surface area contributed by atoms with Gasteiger partial charge in [-0.1, -0.05) is 43.3 Å². The molecule has 0 radical (unpaired) electrons. The molecule has 3 N–H and O–H groups in total. The predicted molar refractivity (Wildman–Crippen MR) is 105 cm³/mol. The van der Waals surface area contributed by atoms with E-state index in [1.165, 1.54) is 0 Å². The smallest absolute Gasteiger partial charge is 0.249 e. The summed E-state index contributed by atoms with van der Waals surface area (Å²) in [6, 6.07) is 19.5. The number of carbonyl (C=O) groups is 1. The van der Waals surface area contributed by atoms with Crippen LogP contribution in [0.2, 0.25) is 0 Å². The van der Waals surface area contributed by atoms with Crippen molar-refractivity contribution < 1.29 is 9.90 Å². The Morgan fingerprint density at radius 2 is 1.73 bits per heavy atom. The normalized spacial score (nSPS) is 11.3. The number of primary amides is 1. The number of nitrogens with zero attached hydrogens (tertiary/aromatic N) is 1. The average Bonchev–Trinajstić information content (AvgIpc) is 2.96. The van der Waals surface area contributed by atoms with Gasteiger partial charge in [0.25, 0.3) is 0 Å². The maximum Gasteiger partial charge on any atom is 0.249 e. The second-order valence-electron chi connectivity index (χ2n) is 6.50. The third kappa shape index (κ3) is 2.51. The van der Waals surface area contributed by atoms with E-state index in [9.17, 15) is 9.90 Å². The number of phenols is 1. The summed E-state index contributed by atoms with van der Waals surface area (Å²) in [5, 5.41) is 12.1. The summed E-state index contributed by atoms with van der Waals surface area (Å²) in [5.41, 5.74) is 10.0. The molecule has 0 bridgehead atoms. The zero-order chi connectivity index (χ0) is 18.3. The minimum atomic E-state index is -0.492. The van der Waals surface area contributed by atoms with Crippen LogP contribution in [0, 0.1) is 0 Å². The van der Waals surface area contributed by atoms with Crippen LogP contribution in [0.3, 0.4) is 0 Å². The summed E-state index contributed by atoms with van der Waals surface area (Å²) in [6.45, 7) is 2.70. The zero-order valence-electron chi connectivity index (χ0n) is 14.6. The van der Waals surface area contributed by atoms with E-state index in [4.69, 9.17) is 5.73 Å². The van der Waals surface area contributed by atoms with E-state index in [0.29, 0.717) is 22.9 Å². The van der Waals surface area contributed by atoms with Crippen molar-refractivity contribution in [3.8, 4) is 5.75 Å². The van der Waals surface area contributed by atoms with Gasteiger partial charge in [-0.3, -0.25) is 4.79 Å². The predicted octanol–water partition coefficient (Wildman–Crippen LogP) is 4.21. The van der Waals surface area contributed by atoms with Crippen molar-refractivity contribution in [1.82, 2.24) is 4.57 Å². The number of hydrogen-bond acceptors (Lipinski definition) is 2. The lowest BCUT2D eigenvalue weighted by atomic mass is 10.0. The molecule has 0 aliphatic heterocycles. The number of fused-ring (bicyclic) bond motifs is 3. The molecule has 1 aromatic heterocycles. The third-order valence-electron chi connectivity index (χ3n) is 4.89. The summed E-state index contributed by atoms with van der Waals surface area (Å²) in [6.07, 6.45) is 0.818. The van der Waals surface area contributed by atoms with Crippen LogP contribution in [0.25, 0.3) is 21.8 Å². The lowest BCUT2D eigenvalue weighted by Crippen LogP contribution is -2.11. The van der Waals surface area contributed by atoms with Gasteiger partial charge in [0.1, 0.15) is 5.75 Å². The maximum absolute atomic E-state index is 12.0. The van der Waals surface area contributed by atoms with Crippen LogP contribution in [0.5, 0.6) is 5.75 Å². The zero-order valence-corrected chi connectivity index (χ0v) is 14.6. The minimum absolute atomic E-state index is 0.185. The molecule has 0 aliphatic carbocycles. The lowest BCUT2D eigenvalue weighted by molar-refractivity contribution is 0.100. The second-order valence-corrected chi connectivity index (χ2v) is 6.50. The summed E-state index contributed by atoms with van der Waals surface area (Å²) >= 11 is 0. The molecule has 0 unspecified atom stereocenters. The van der Waals surface area contributed by atoms with Crippen LogP contribution in [0.15, 0.2) is 60.7 Å². The highest BCUT2D eigenvalue weighted by molar-refractivity contribution is 6.19. The van der Waals surface area contributed by atoms with Gasteiger partial charge in [0.2, 0.25) is 5.91 Å². The third-order valence-corrected chi connectivity index (χ3v) is 4.89. The number of amides is 1. The number of aryl methyl sites for hydroxylation is 1. The average molecular weight is 344 g/mol. The number of carbonyl (C=O) groups excluding carboxylic acids is 1. The van der Waals surface area contributed by atoms with E-state index in [1.807, 2.05) is 30.3 Å². The molecule has 0 atom stereocenters. The molecule has 0 spiro atoms. The number of phenolic OH excluding ortho intramolecular Hbond substituents is 1. The SMILES string of the molecule is CCc1cc(O)c2c3c(C(N)=O)cccc3n(Cc3ccccc3)c2c1. The van der Waals surface area contributed by atoms with Crippen molar-refractivity contribution in [3.05, 3.63) is 77.4 Å². The van der Waals surface area contributed by atoms with E-state index in [1.54, 1.807) is 12.1 Å². The highest BCUT2D eigenvalue weighted by Gasteiger charge is 2.19. The fourth-order valence-electron chi connectivity index (χ4n) is 3.64. The molecule has 0 fully saturated rings. The maximum atomic E-state index is 12.0. The monoisotopic (exact) mass is 344 g/mol. The Morgan fingerprint density at radius 3 is 2.42 bits per heavy atom. The summed E-state index contributed by atoms with van der Waals surface area (Å²) in [7, 11) is 0. The molecule has 26 heavy (non-hydrogen) atoms. The molecule has 4 heteroatoms. The van der Waals surface area contributed by atoms with Crippen molar-refractivity contribution in [3.63, 3.8) is 0 Å². The summed E-state index contributed by atoms with van der Waals surface area (Å²) in [4.78, 5) is 12.0. The summed E-state index contributed by atoms with van der Waals surface area (Å²) in [5.74, 6) is -0.307. The molecular formula is C22H20N2O2. The molecule has 0 saturated heterocycles. The Balaban J connectivity index is 2.12. The van der Waals surface area contributed by atoms with Crippen LogP contribution in [-0.2, 0) is 13.0 Å². The number of nitrogens with two attached hydrogens (primary N) is 1. The van der Waals surface area contributed by atoms with E-state index in [0.717, 1.165) is 28.6 Å². The van der Waals surface area contributed by atoms with Crippen LogP contribution in [-0.4, -0.2) is 15.6 Å². The van der Waals surface area contributed by atoms with E-state index >= 15 is 0 Å². The first-order valence-corrected chi connectivity index (χ1v) is 8.70. The largest absolute Gasteiger partial charge is 0.507 e. The minimum Gasteiger partial charge on any atom is -0.507 e. The molecular weight excluding hydrogens is 324 g/mol. The van der Waals surface area contributed by atoms with Gasteiger partial charge in [-0.25, -0.2) is 0 Å². The van der Waals surface area contributed by atoms with E-state index in [2.05, 4.69) is 29.7 Å². The van der Waals surface area contributed by atoms with Gasteiger partial charge in [0.15, 0.2) is 0 Å². The first-order valence-electron chi connectivity index (χ1n) is 8.70. The number of hydrogen-bond donors (Lipinski definition) is 2. The first-order chi connectivity index (χ1) is 12.6. The Labute approximate surface area is 151 Å². The topological polar surface area (TPSA) is 68.2 Å². The van der Waals surface area contributed by atoms with Gasteiger partial charge in [0, 0.05) is 17.5 Å². The Hall–Kier alpha value is -3.27. The quantitative estimate of drug-likeness (QED) is 0.582. The van der Waals surface area contributed by atoms with Gasteiger partial charge in [-0.2, -0.15) is 0 Å². The number of benzene rings is 3. The van der Waals surface area contributed by atoms with Gasteiger partial charge in [-0.15, -0.1) is 0 Å². The number of rotatable bonds is 4. The standard InChI is InChI=1S/C22H20N2O2/c1-2-14-11-18-21(19(25)12-14)20-16(22(23)26)9-6-10-17(20)24(18)13-15-7-4-3-5-8-15/h3-12,25H,2,13H2,1H3,(H2,23,26). The molecule has 4 rings (SSSR count). The van der Waals surface area contributed by atoms with Crippen molar-refractivity contribution in [2.75, 3.05) is 0 Å². The van der Waals surface area contributed by atoms with E-state index < -0.39 is 5.91 Å². The van der Waals surface area contributed by atoms with Gasteiger partial charge in [0.05, 0.1) is 16.4 Å². The van der Waals surface area contributed by atoms with Crippen LogP contribution in [0.4, 0.5) is 0 Å². The van der Waals surface area contributed by atoms with Crippen LogP contribution < -0.4 is 5.73 Å². The fourth-order valence-corrected chi connectivity index (χ4v) is 3.64. The van der Waals surface area contributed by atoms with Crippen molar-refractivity contribution in [1.29, 1.82) is 0 Å². The molecule has 1 heterocycles. The highest BCUT2D eigenvalue weighted by atomic mass is 16.3. The van der Waals surface area contributed by atoms with Crippen LogP contribution >= 0.6 is 0 Å². The lowest BCUT2D eigenvalue weighted by Gasteiger charge is -2.09. The molecule has 4 aromatic rings. The van der Waals surface area contributed by atoms with Crippen molar-refractivity contribution in [2.24, 2.45) is 5.73 Å². The molecule has 3 aromatic carbocycles. The van der Waals surface area contributed by atoms with Crippen molar-refractivity contribution >= 4 is 27.7 Å². The first kappa shape index (κ1) is 16.2. The summed E-state index contributed by atoms with van der Waals surface area (Å²) < 4.78 is 2.14. The molecule has 4 nitrogen and oxygen atoms in total. The Morgan fingerprint density at radius 1 is 0.962 bits per heavy atom. The van der Waals surface area contributed by atoms with Crippen LogP contribution in [0.1, 0.15) is 28.4 Å². The van der Waals surface area contributed by atoms with Crippen molar-refractivity contribution in [2.45, 2.75) is 19.9 Å². The Bertz CT molecular complexity index is 1130. The van der Waals surface area contributed by atoms with Gasteiger partial charge < -0.3 is 15.4 Å².